The third kappa shape index (κ3) is 3.70. The van der Waals surface area contributed by atoms with Crippen LogP contribution in [0, 0.1) is 17.8 Å². The number of hydrogen-bond acceptors (Lipinski definition) is 4. The van der Waals surface area contributed by atoms with Crippen LogP contribution in [0.25, 0.3) is 5.69 Å². The molecule has 2 aliphatic carbocycles. The van der Waals surface area contributed by atoms with Crippen molar-refractivity contribution in [1.82, 2.24) is 15.0 Å². The van der Waals surface area contributed by atoms with E-state index < -0.39 is 0 Å². The fourth-order valence-corrected chi connectivity index (χ4v) is 4.29. The number of aromatic nitrogens is 3. The van der Waals surface area contributed by atoms with Gasteiger partial charge in [-0.25, -0.2) is 4.68 Å². The lowest BCUT2D eigenvalue weighted by Gasteiger charge is -2.43. The predicted molar refractivity (Wildman–Crippen MR) is 98.8 cm³/mol. The van der Waals surface area contributed by atoms with Crippen LogP contribution in [0.2, 0.25) is 0 Å². The lowest BCUT2D eigenvalue weighted by atomic mass is 9.65. The summed E-state index contributed by atoms with van der Waals surface area (Å²) in [7, 11) is 0. The number of amides is 1. The first-order chi connectivity index (χ1) is 11.7. The molecule has 0 saturated heterocycles. The zero-order valence-electron chi connectivity index (χ0n) is 14.0. The van der Waals surface area contributed by atoms with E-state index in [1.54, 1.807) is 17.1 Å². The van der Waals surface area contributed by atoms with Gasteiger partial charge in [0.15, 0.2) is 0 Å². The van der Waals surface area contributed by atoms with E-state index >= 15 is 0 Å². The normalized spacial score (nSPS) is 28.0. The molecule has 0 radical (unpaired) electrons. The van der Waals surface area contributed by atoms with E-state index in [1.165, 1.54) is 19.3 Å². The molecule has 2 aromatic rings. The van der Waals surface area contributed by atoms with Gasteiger partial charge in [-0.3, -0.25) is 4.79 Å². The molecule has 6 nitrogen and oxygen atoms in total. The molecule has 2 aliphatic rings. The number of rotatable bonds is 3. The highest BCUT2D eigenvalue weighted by Gasteiger charge is 2.40. The molecule has 2 atom stereocenters. The molecule has 25 heavy (non-hydrogen) atoms. The van der Waals surface area contributed by atoms with Crippen LogP contribution in [0.1, 0.15) is 32.1 Å². The Morgan fingerprint density at radius 3 is 2.44 bits per heavy atom. The number of nitrogens with two attached hydrogens (primary N) is 1. The second kappa shape index (κ2) is 7.54. The van der Waals surface area contributed by atoms with Crippen LogP contribution in [0.4, 0.5) is 5.69 Å². The van der Waals surface area contributed by atoms with Crippen LogP contribution in [0.3, 0.4) is 0 Å². The van der Waals surface area contributed by atoms with Gasteiger partial charge in [-0.1, -0.05) is 11.6 Å². The van der Waals surface area contributed by atoms with Crippen molar-refractivity contribution in [3.63, 3.8) is 0 Å². The van der Waals surface area contributed by atoms with Gasteiger partial charge in [-0.05, 0) is 61.8 Å². The van der Waals surface area contributed by atoms with Crippen LogP contribution in [0.5, 0.6) is 0 Å². The number of nitrogens with one attached hydrogen (secondary N) is 1. The molecular weight excluding hydrogens is 338 g/mol. The van der Waals surface area contributed by atoms with Crippen LogP contribution >= 0.6 is 12.4 Å². The molecular formula is C18H24ClN5O. The van der Waals surface area contributed by atoms with E-state index in [2.05, 4.69) is 15.6 Å². The second-order valence-corrected chi connectivity index (χ2v) is 7.08. The van der Waals surface area contributed by atoms with Gasteiger partial charge >= 0.3 is 0 Å². The molecule has 2 bridgehead atoms. The lowest BCUT2D eigenvalue weighted by molar-refractivity contribution is -0.122. The maximum absolute atomic E-state index is 12.6. The summed E-state index contributed by atoms with van der Waals surface area (Å²) >= 11 is 0. The highest BCUT2D eigenvalue weighted by atomic mass is 35.5. The van der Waals surface area contributed by atoms with Gasteiger partial charge in [0.2, 0.25) is 5.91 Å². The largest absolute Gasteiger partial charge is 0.327 e. The Morgan fingerprint density at radius 2 is 1.84 bits per heavy atom. The molecule has 3 N–H and O–H groups in total. The van der Waals surface area contributed by atoms with Crippen molar-refractivity contribution in [2.24, 2.45) is 23.5 Å². The Labute approximate surface area is 153 Å². The molecule has 0 spiro atoms. The minimum Gasteiger partial charge on any atom is -0.327 e. The number of fused-ring (bicyclic) bond motifs is 2. The van der Waals surface area contributed by atoms with Crippen molar-refractivity contribution >= 4 is 24.0 Å². The lowest BCUT2D eigenvalue weighted by Crippen LogP contribution is -2.48. The number of anilines is 1. The smallest absolute Gasteiger partial charge is 0.227 e. The minimum absolute atomic E-state index is 0. The first-order valence-electron chi connectivity index (χ1n) is 8.74. The van der Waals surface area contributed by atoms with Gasteiger partial charge in [-0.2, -0.15) is 0 Å². The monoisotopic (exact) mass is 361 g/mol. The maximum atomic E-state index is 12.6. The third-order valence-corrected chi connectivity index (χ3v) is 5.61. The van der Waals surface area contributed by atoms with Crippen LogP contribution in [-0.2, 0) is 4.79 Å². The summed E-state index contributed by atoms with van der Waals surface area (Å²) in [5.41, 5.74) is 8.06. The summed E-state index contributed by atoms with van der Waals surface area (Å²) in [6.07, 6.45) is 8.91. The van der Waals surface area contributed by atoms with Crippen molar-refractivity contribution in [2.45, 2.75) is 38.1 Å². The standard InChI is InChI=1S/C18H23N5O.ClH/c19-17-12-2-1-3-13(17)11-14(10-12)18(24)21-15-4-6-16(7-5-15)23-9-8-20-22-23;/h4-9,12-14,17H,1-3,10-11,19H2,(H,21,24);1H. The molecule has 2 saturated carbocycles. The zero-order valence-corrected chi connectivity index (χ0v) is 14.9. The average molecular weight is 362 g/mol. The van der Waals surface area contributed by atoms with Gasteiger partial charge in [0.05, 0.1) is 18.1 Å². The average Bonchev–Trinajstić information content (AvgIpc) is 3.09. The number of carbonyl (C=O) groups is 1. The molecule has 134 valence electrons. The Kier molecular flexibility index (Phi) is 5.39. The summed E-state index contributed by atoms with van der Waals surface area (Å²) in [5.74, 6) is 1.26. The molecule has 0 aliphatic heterocycles. The molecule has 1 aromatic heterocycles. The van der Waals surface area contributed by atoms with E-state index in [-0.39, 0.29) is 24.2 Å². The Morgan fingerprint density at radius 1 is 1.16 bits per heavy atom. The first kappa shape index (κ1) is 17.9. The number of nitrogens with zero attached hydrogens (tertiary/aromatic N) is 3. The van der Waals surface area contributed by atoms with E-state index in [0.29, 0.717) is 17.9 Å². The number of hydrogen-bond donors (Lipinski definition) is 2. The molecule has 2 unspecified atom stereocenters. The zero-order chi connectivity index (χ0) is 16.5. The molecule has 1 aromatic carbocycles. The topological polar surface area (TPSA) is 85.8 Å². The summed E-state index contributed by atoms with van der Waals surface area (Å²) in [4.78, 5) is 12.6. The number of halogens is 1. The van der Waals surface area contributed by atoms with Crippen LogP contribution in [-0.4, -0.2) is 26.9 Å². The number of benzene rings is 1. The van der Waals surface area contributed by atoms with Gasteiger partial charge < -0.3 is 11.1 Å². The first-order valence-corrected chi connectivity index (χ1v) is 8.74. The predicted octanol–water partition coefficient (Wildman–Crippen LogP) is 2.78. The Balaban J connectivity index is 0.00000182. The Bertz CT molecular complexity index is 689. The van der Waals surface area contributed by atoms with Crippen LogP contribution in [0.15, 0.2) is 36.7 Å². The fraction of sp³-hybridized carbons (Fsp3) is 0.500. The molecule has 1 amide bonds. The summed E-state index contributed by atoms with van der Waals surface area (Å²) in [6.45, 7) is 0. The van der Waals surface area contributed by atoms with Gasteiger partial charge in [0, 0.05) is 17.6 Å². The van der Waals surface area contributed by atoms with E-state index in [1.807, 2.05) is 24.3 Å². The van der Waals surface area contributed by atoms with Gasteiger partial charge in [-0.15, -0.1) is 17.5 Å². The summed E-state index contributed by atoms with van der Waals surface area (Å²) < 4.78 is 1.69. The summed E-state index contributed by atoms with van der Waals surface area (Å²) in [5, 5.41) is 10.8. The molecule has 1 heterocycles. The molecule has 2 fully saturated rings. The SMILES string of the molecule is Cl.NC1C2CCCC1CC(C(=O)Nc1ccc(-n3ccnn3)cc1)C2. The van der Waals surface area contributed by atoms with Crippen molar-refractivity contribution < 1.29 is 4.79 Å². The van der Waals surface area contributed by atoms with Crippen molar-refractivity contribution in [2.75, 3.05) is 5.32 Å². The van der Waals surface area contributed by atoms with E-state index in [9.17, 15) is 4.79 Å². The Hall–Kier alpha value is -1.92. The number of carbonyl (C=O) groups excluding carboxylic acids is 1. The molecule has 4 rings (SSSR count). The highest BCUT2D eigenvalue weighted by molar-refractivity contribution is 5.92. The van der Waals surface area contributed by atoms with Crippen molar-refractivity contribution in [3.05, 3.63) is 36.7 Å². The van der Waals surface area contributed by atoms with E-state index in [4.69, 9.17) is 5.73 Å². The van der Waals surface area contributed by atoms with Crippen LogP contribution < -0.4 is 11.1 Å². The molecule has 7 heteroatoms. The quantitative estimate of drug-likeness (QED) is 0.880. The summed E-state index contributed by atoms with van der Waals surface area (Å²) in [6, 6.07) is 7.96. The minimum atomic E-state index is 0. The maximum Gasteiger partial charge on any atom is 0.227 e. The fourth-order valence-electron chi connectivity index (χ4n) is 4.29. The highest BCUT2D eigenvalue weighted by Crippen LogP contribution is 2.42. The van der Waals surface area contributed by atoms with E-state index in [0.717, 1.165) is 24.2 Å². The third-order valence-electron chi connectivity index (χ3n) is 5.61. The van der Waals surface area contributed by atoms with Crippen molar-refractivity contribution in [1.29, 1.82) is 0 Å². The van der Waals surface area contributed by atoms with Gasteiger partial charge in [0.1, 0.15) is 0 Å². The van der Waals surface area contributed by atoms with Crippen molar-refractivity contribution in [3.8, 4) is 5.69 Å². The van der Waals surface area contributed by atoms with Gasteiger partial charge in [0.25, 0.3) is 0 Å². The second-order valence-electron chi connectivity index (χ2n) is 7.08.